The smallest absolute Gasteiger partial charge is 0.339 e. The summed E-state index contributed by atoms with van der Waals surface area (Å²) in [6.45, 7) is 0. The highest BCUT2D eigenvalue weighted by atomic mass is 16.6. The van der Waals surface area contributed by atoms with Crippen LogP contribution < -0.4 is 10.9 Å². The summed E-state index contributed by atoms with van der Waals surface area (Å²) < 4.78 is 0. The molecule has 0 fully saturated rings. The van der Waals surface area contributed by atoms with E-state index in [4.69, 9.17) is 5.11 Å². The molecule has 1 aliphatic carbocycles. The van der Waals surface area contributed by atoms with Gasteiger partial charge in [0.25, 0.3) is 5.69 Å². The minimum atomic E-state index is -2.01. The number of carbonyl (C=O) groups is 2. The van der Waals surface area contributed by atoms with E-state index in [9.17, 15) is 24.8 Å². The molecule has 1 unspecified atom stereocenters. The average molecular weight is 304 g/mol. The normalized spacial score (nSPS) is 20.4. The van der Waals surface area contributed by atoms with Crippen LogP contribution in [-0.2, 0) is 9.59 Å². The Bertz CT molecular complexity index is 694. The van der Waals surface area contributed by atoms with Crippen LogP contribution in [0, 0.1) is 10.1 Å². The van der Waals surface area contributed by atoms with Gasteiger partial charge in [0.05, 0.1) is 10.6 Å². The monoisotopic (exact) mass is 304 g/mol. The number of nitrogens with one attached hydrogen (secondary N) is 1. The fourth-order valence-electron chi connectivity index (χ4n) is 1.67. The van der Waals surface area contributed by atoms with Crippen molar-refractivity contribution in [2.75, 3.05) is 5.43 Å². The second-order valence-electron chi connectivity index (χ2n) is 4.37. The molecule has 2 rings (SSSR count). The van der Waals surface area contributed by atoms with E-state index in [0.29, 0.717) is 5.69 Å². The maximum atomic E-state index is 11.3. The Morgan fingerprint density at radius 1 is 1.32 bits per heavy atom. The van der Waals surface area contributed by atoms with E-state index in [1.165, 1.54) is 24.3 Å². The van der Waals surface area contributed by atoms with Gasteiger partial charge in [-0.15, -0.1) is 0 Å². The minimum Gasteiger partial charge on any atom is -0.478 e. The molecular formula is C13H10N3O6. The Hall–Kier alpha value is -3.04. The number of anilines is 1. The van der Waals surface area contributed by atoms with Gasteiger partial charge in [0.2, 0.25) is 0 Å². The number of ketones is 1. The first-order valence-corrected chi connectivity index (χ1v) is 5.95. The van der Waals surface area contributed by atoms with Crippen LogP contribution in [-0.4, -0.2) is 32.6 Å². The van der Waals surface area contributed by atoms with Gasteiger partial charge in [0.1, 0.15) is 5.57 Å². The Morgan fingerprint density at radius 2 is 1.95 bits per heavy atom. The molecule has 0 saturated heterocycles. The van der Waals surface area contributed by atoms with Gasteiger partial charge in [-0.05, 0) is 30.4 Å². The number of hydrogen-bond acceptors (Lipinski definition) is 6. The molecule has 113 valence electrons. The van der Waals surface area contributed by atoms with Crippen LogP contribution in [0.15, 0.2) is 48.1 Å². The number of carboxylic acids is 1. The predicted molar refractivity (Wildman–Crippen MR) is 73.7 cm³/mol. The van der Waals surface area contributed by atoms with Crippen LogP contribution in [0.3, 0.4) is 0 Å². The number of aliphatic hydroxyl groups is 1. The fourth-order valence-corrected chi connectivity index (χ4v) is 1.67. The molecule has 1 radical (unpaired) electrons. The molecule has 3 N–H and O–H groups in total. The van der Waals surface area contributed by atoms with Crippen molar-refractivity contribution in [3.63, 3.8) is 0 Å². The summed E-state index contributed by atoms with van der Waals surface area (Å²) in [7, 11) is 0. The van der Waals surface area contributed by atoms with Gasteiger partial charge in [0, 0.05) is 12.1 Å². The van der Waals surface area contributed by atoms with E-state index < -0.39 is 28.0 Å². The molecule has 0 heterocycles. The van der Waals surface area contributed by atoms with Crippen LogP contribution in [0.1, 0.15) is 0 Å². The molecule has 0 saturated carbocycles. The zero-order chi connectivity index (χ0) is 16.3. The third-order valence-electron chi connectivity index (χ3n) is 2.77. The highest BCUT2D eigenvalue weighted by Crippen LogP contribution is 2.19. The Labute approximate surface area is 123 Å². The fraction of sp³-hybridized carbons (Fsp3) is 0.0769. The molecule has 1 aromatic rings. The summed E-state index contributed by atoms with van der Waals surface area (Å²) in [5.41, 5.74) is 3.75. The summed E-state index contributed by atoms with van der Waals surface area (Å²) in [4.78, 5) is 32.1. The summed E-state index contributed by atoms with van der Waals surface area (Å²) in [6, 6.07) is 5.20. The third-order valence-corrected chi connectivity index (χ3v) is 2.77. The van der Waals surface area contributed by atoms with Crippen molar-refractivity contribution in [3.05, 3.63) is 58.2 Å². The quantitative estimate of drug-likeness (QED) is 0.404. The zero-order valence-corrected chi connectivity index (χ0v) is 11.0. The highest BCUT2D eigenvalue weighted by molar-refractivity contribution is 6.22. The molecule has 0 amide bonds. The Morgan fingerprint density at radius 3 is 2.50 bits per heavy atom. The number of rotatable bonds is 5. The first-order valence-electron chi connectivity index (χ1n) is 5.95. The number of carboxylic acid groups (broad SMARTS) is 1. The maximum Gasteiger partial charge on any atom is 0.339 e. The number of benzene rings is 1. The van der Waals surface area contributed by atoms with Gasteiger partial charge in [-0.2, -0.15) is 0 Å². The topological polar surface area (TPSA) is 144 Å². The Balaban J connectivity index is 2.10. The number of non-ortho nitro benzene ring substituents is 1. The molecule has 0 bridgehead atoms. The van der Waals surface area contributed by atoms with Gasteiger partial charge in [0.15, 0.2) is 11.5 Å². The van der Waals surface area contributed by atoms with Crippen molar-refractivity contribution in [1.29, 1.82) is 0 Å². The third kappa shape index (κ3) is 3.34. The van der Waals surface area contributed by atoms with E-state index in [1.807, 2.05) is 0 Å². The van der Waals surface area contributed by atoms with E-state index in [-0.39, 0.29) is 5.69 Å². The van der Waals surface area contributed by atoms with Crippen LogP contribution in [0.4, 0.5) is 11.4 Å². The average Bonchev–Trinajstić information content (AvgIpc) is 2.48. The van der Waals surface area contributed by atoms with E-state index in [1.54, 1.807) is 0 Å². The van der Waals surface area contributed by atoms with Crippen LogP contribution >= 0.6 is 0 Å². The minimum absolute atomic E-state index is 0.111. The van der Waals surface area contributed by atoms with E-state index in [0.717, 1.165) is 18.2 Å². The maximum absolute atomic E-state index is 11.3. The predicted octanol–water partition coefficient (Wildman–Crippen LogP) is 0.365. The lowest BCUT2D eigenvalue weighted by Crippen LogP contribution is -2.41. The first-order chi connectivity index (χ1) is 10.3. The van der Waals surface area contributed by atoms with Gasteiger partial charge >= 0.3 is 5.97 Å². The molecule has 9 heteroatoms. The number of nitro groups is 1. The molecule has 9 nitrogen and oxygen atoms in total. The SMILES string of the molecule is O=C(O)C1=CC(O)([N]Nc2ccc([N+](=O)[O-])cc2)C=CC1=O. The second-order valence-corrected chi connectivity index (χ2v) is 4.37. The second kappa shape index (κ2) is 5.76. The summed E-state index contributed by atoms with van der Waals surface area (Å²) >= 11 is 0. The van der Waals surface area contributed by atoms with Gasteiger partial charge in [-0.25, -0.2) is 4.79 Å². The first kappa shape index (κ1) is 15.4. The van der Waals surface area contributed by atoms with Crippen LogP contribution in [0.5, 0.6) is 0 Å². The molecule has 22 heavy (non-hydrogen) atoms. The number of hydrogen-bond donors (Lipinski definition) is 3. The largest absolute Gasteiger partial charge is 0.478 e. The molecular weight excluding hydrogens is 294 g/mol. The summed E-state index contributed by atoms with van der Waals surface area (Å²) in [6.07, 6.45) is 2.74. The standard InChI is InChI=1S/C13H10N3O6/c17-11-5-6-13(20,7-10(11)12(18)19)15-14-8-1-3-9(4-2-8)16(21)22/h1-7,14,20H,(H,18,19). The van der Waals surface area contributed by atoms with Crippen LogP contribution in [0.2, 0.25) is 0 Å². The van der Waals surface area contributed by atoms with E-state index >= 15 is 0 Å². The number of nitrogens with zero attached hydrogens (tertiary/aromatic N) is 2. The molecule has 0 aromatic heterocycles. The molecule has 1 aromatic carbocycles. The van der Waals surface area contributed by atoms with Gasteiger partial charge in [-0.3, -0.25) is 14.9 Å². The number of nitro benzene ring substituents is 1. The highest BCUT2D eigenvalue weighted by Gasteiger charge is 2.31. The molecule has 1 atom stereocenters. The molecule has 0 spiro atoms. The van der Waals surface area contributed by atoms with Crippen molar-refractivity contribution in [1.82, 2.24) is 5.43 Å². The summed E-state index contributed by atoms with van der Waals surface area (Å²) in [5, 5.41) is 29.5. The Kier molecular flexibility index (Phi) is 4.02. The number of aliphatic carboxylic acids is 1. The van der Waals surface area contributed by atoms with Crippen molar-refractivity contribution in [2.45, 2.75) is 5.72 Å². The van der Waals surface area contributed by atoms with Crippen molar-refractivity contribution < 1.29 is 24.7 Å². The van der Waals surface area contributed by atoms with Crippen molar-refractivity contribution in [3.8, 4) is 0 Å². The van der Waals surface area contributed by atoms with Gasteiger partial charge in [-0.1, -0.05) is 5.43 Å². The number of carbonyl (C=O) groups excluding carboxylic acids is 1. The van der Waals surface area contributed by atoms with E-state index in [2.05, 4.69) is 10.9 Å². The van der Waals surface area contributed by atoms with Crippen molar-refractivity contribution in [2.24, 2.45) is 0 Å². The lowest BCUT2D eigenvalue weighted by atomic mass is 9.99. The zero-order valence-electron chi connectivity index (χ0n) is 11.0. The lowest BCUT2D eigenvalue weighted by Gasteiger charge is -2.23. The molecule has 1 aliphatic rings. The summed E-state index contributed by atoms with van der Waals surface area (Å²) in [5.74, 6) is -2.22. The number of allylic oxidation sites excluding steroid dienone is 1. The molecule has 0 aliphatic heterocycles. The van der Waals surface area contributed by atoms with Gasteiger partial charge < -0.3 is 15.6 Å². The van der Waals surface area contributed by atoms with Crippen LogP contribution in [0.25, 0.3) is 0 Å². The van der Waals surface area contributed by atoms with Crippen molar-refractivity contribution >= 4 is 23.1 Å². The lowest BCUT2D eigenvalue weighted by molar-refractivity contribution is -0.384.